The lowest BCUT2D eigenvalue weighted by Crippen LogP contribution is -2.43. The van der Waals surface area contributed by atoms with Crippen LogP contribution in [0.3, 0.4) is 0 Å². The maximum atomic E-state index is 13.3. The van der Waals surface area contributed by atoms with Crippen LogP contribution in [0.5, 0.6) is 0 Å². The summed E-state index contributed by atoms with van der Waals surface area (Å²) in [6.07, 6.45) is 5.40. The van der Waals surface area contributed by atoms with Gasteiger partial charge >= 0.3 is 5.91 Å². The first kappa shape index (κ1) is 22.5. The fourth-order valence-corrected chi connectivity index (χ4v) is 3.38. The number of nitrogens with one attached hydrogen (secondary N) is 1. The van der Waals surface area contributed by atoms with Crippen LogP contribution in [0.15, 0.2) is 78.9 Å². The van der Waals surface area contributed by atoms with Crippen molar-refractivity contribution in [3.8, 4) is 12.3 Å². The number of benzene rings is 3. The van der Waals surface area contributed by atoms with Crippen LogP contribution in [0.2, 0.25) is 5.02 Å². The van der Waals surface area contributed by atoms with E-state index in [1.165, 1.54) is 23.1 Å². The van der Waals surface area contributed by atoms with E-state index in [0.717, 1.165) is 0 Å². The number of nitro groups is 1. The second-order valence-corrected chi connectivity index (χ2v) is 7.19. The van der Waals surface area contributed by atoms with Crippen molar-refractivity contribution in [2.75, 3.05) is 4.90 Å². The van der Waals surface area contributed by atoms with Gasteiger partial charge in [-0.1, -0.05) is 60.1 Å². The predicted molar refractivity (Wildman–Crippen MR) is 122 cm³/mol. The van der Waals surface area contributed by atoms with E-state index in [0.29, 0.717) is 21.8 Å². The molecule has 1 atom stereocenters. The van der Waals surface area contributed by atoms with Crippen LogP contribution >= 0.6 is 11.6 Å². The van der Waals surface area contributed by atoms with Crippen LogP contribution in [-0.2, 0) is 16.1 Å². The number of nitro benzene ring substituents is 1. The van der Waals surface area contributed by atoms with Gasteiger partial charge in [0.2, 0.25) is 5.91 Å². The number of non-ortho nitro benzene ring substituents is 1. The molecule has 3 aromatic carbocycles. The summed E-state index contributed by atoms with van der Waals surface area (Å²) in [5.74, 6) is 0.847. The largest absolute Gasteiger partial charge is 0.350 e. The molecule has 0 saturated carbocycles. The molecule has 1 N–H and O–H groups in total. The summed E-state index contributed by atoms with van der Waals surface area (Å²) in [6, 6.07) is 20.0. The molecule has 0 spiro atoms. The first-order valence-electron chi connectivity index (χ1n) is 9.52. The highest BCUT2D eigenvalue weighted by atomic mass is 35.5. The smallest absolute Gasteiger partial charge is 0.303 e. The summed E-state index contributed by atoms with van der Waals surface area (Å²) in [7, 11) is 0. The highest BCUT2D eigenvalue weighted by Crippen LogP contribution is 2.30. The maximum Gasteiger partial charge on any atom is 0.303 e. The zero-order chi connectivity index (χ0) is 23.1. The fraction of sp³-hybridized carbons (Fsp3) is 0.0833. The number of hydrogen-bond donors (Lipinski definition) is 1. The van der Waals surface area contributed by atoms with Gasteiger partial charge in [0.25, 0.3) is 5.69 Å². The number of carbonyl (C=O) groups is 2. The predicted octanol–water partition coefficient (Wildman–Crippen LogP) is 4.27. The van der Waals surface area contributed by atoms with E-state index in [1.54, 1.807) is 60.7 Å². The summed E-state index contributed by atoms with van der Waals surface area (Å²) < 4.78 is 0. The number of amides is 2. The van der Waals surface area contributed by atoms with Crippen molar-refractivity contribution in [2.24, 2.45) is 0 Å². The molecule has 0 heterocycles. The van der Waals surface area contributed by atoms with E-state index in [-0.39, 0.29) is 12.2 Å². The Kier molecular flexibility index (Phi) is 7.21. The molecule has 0 saturated heterocycles. The molecule has 0 aromatic heterocycles. The van der Waals surface area contributed by atoms with Gasteiger partial charge in [-0.3, -0.25) is 24.6 Å². The molecule has 8 heteroatoms. The molecule has 0 aliphatic heterocycles. The molecule has 0 bridgehead atoms. The van der Waals surface area contributed by atoms with Gasteiger partial charge in [-0.05, 0) is 35.2 Å². The normalized spacial score (nSPS) is 11.1. The monoisotopic (exact) mass is 447 g/mol. The van der Waals surface area contributed by atoms with Crippen LogP contribution in [0.25, 0.3) is 0 Å². The molecule has 1 unspecified atom stereocenters. The molecule has 0 aliphatic rings. The van der Waals surface area contributed by atoms with E-state index < -0.39 is 22.8 Å². The van der Waals surface area contributed by atoms with Crippen molar-refractivity contribution < 1.29 is 14.5 Å². The summed E-state index contributed by atoms with van der Waals surface area (Å²) >= 11 is 6.10. The molecular weight excluding hydrogens is 430 g/mol. The lowest BCUT2D eigenvalue weighted by Gasteiger charge is -2.30. The Balaban J connectivity index is 1.97. The molecule has 3 aromatic rings. The topological polar surface area (TPSA) is 92.6 Å². The lowest BCUT2D eigenvalue weighted by atomic mass is 10.0. The van der Waals surface area contributed by atoms with E-state index in [2.05, 4.69) is 11.2 Å². The minimum atomic E-state index is -1.09. The van der Waals surface area contributed by atoms with Gasteiger partial charge < -0.3 is 5.32 Å². The Hall–Kier alpha value is -4.15. The third-order valence-corrected chi connectivity index (χ3v) is 4.87. The molecule has 0 radical (unpaired) electrons. The number of terminal acetylenes is 1. The maximum absolute atomic E-state index is 13.3. The van der Waals surface area contributed by atoms with Gasteiger partial charge in [0.1, 0.15) is 6.04 Å². The first-order chi connectivity index (χ1) is 15.4. The second-order valence-electron chi connectivity index (χ2n) is 6.76. The number of halogens is 1. The summed E-state index contributed by atoms with van der Waals surface area (Å²) in [4.78, 5) is 37.7. The lowest BCUT2D eigenvalue weighted by molar-refractivity contribution is -0.384. The van der Waals surface area contributed by atoms with Gasteiger partial charge in [-0.15, -0.1) is 6.42 Å². The highest BCUT2D eigenvalue weighted by Gasteiger charge is 2.32. The average Bonchev–Trinajstić information content (AvgIpc) is 2.81. The first-order valence-corrected chi connectivity index (χ1v) is 9.90. The quantitative estimate of drug-likeness (QED) is 0.332. The molecule has 0 aliphatic carbocycles. The Morgan fingerprint density at radius 1 is 1.06 bits per heavy atom. The molecule has 2 amide bonds. The number of hydrogen-bond acceptors (Lipinski definition) is 4. The van der Waals surface area contributed by atoms with Gasteiger partial charge in [0.05, 0.1) is 4.92 Å². The summed E-state index contributed by atoms with van der Waals surface area (Å²) in [5, 5.41) is 14.1. The van der Waals surface area contributed by atoms with Crippen LogP contribution < -0.4 is 10.2 Å². The van der Waals surface area contributed by atoms with Crippen molar-refractivity contribution >= 4 is 34.8 Å². The third kappa shape index (κ3) is 5.31. The number of carbonyl (C=O) groups excluding carboxylic acids is 2. The van der Waals surface area contributed by atoms with Gasteiger partial charge in [0, 0.05) is 29.4 Å². The van der Waals surface area contributed by atoms with Crippen molar-refractivity contribution in [2.45, 2.75) is 12.6 Å². The van der Waals surface area contributed by atoms with Crippen molar-refractivity contribution in [1.29, 1.82) is 0 Å². The van der Waals surface area contributed by atoms with E-state index in [9.17, 15) is 19.7 Å². The Morgan fingerprint density at radius 2 is 1.78 bits per heavy atom. The average molecular weight is 448 g/mol. The SMILES string of the molecule is C#CC(=O)N(c1cccc(Cl)c1)C(C(=O)NCc1cccc([N+](=O)[O-])c1)c1ccccc1. The van der Waals surface area contributed by atoms with E-state index in [4.69, 9.17) is 18.0 Å². The minimum Gasteiger partial charge on any atom is -0.350 e. The fourth-order valence-electron chi connectivity index (χ4n) is 3.20. The Morgan fingerprint density at radius 3 is 2.44 bits per heavy atom. The van der Waals surface area contributed by atoms with Gasteiger partial charge in [0.15, 0.2) is 0 Å². The number of anilines is 1. The summed E-state index contributed by atoms with van der Waals surface area (Å²) in [5.41, 5.74) is 1.35. The van der Waals surface area contributed by atoms with Crippen LogP contribution in [0, 0.1) is 22.5 Å². The van der Waals surface area contributed by atoms with Gasteiger partial charge in [-0.2, -0.15) is 0 Å². The Labute approximate surface area is 189 Å². The Bertz CT molecular complexity index is 1190. The standard InChI is InChI=1S/C24H18ClN3O4/c1-2-22(29)27(20-12-7-11-19(25)15-20)23(18-9-4-3-5-10-18)24(30)26-16-17-8-6-13-21(14-17)28(31)32/h1,3-15,23H,16H2,(H,26,30). The summed E-state index contributed by atoms with van der Waals surface area (Å²) in [6.45, 7) is 0.0253. The second kappa shape index (κ2) is 10.2. The van der Waals surface area contributed by atoms with Crippen molar-refractivity contribution in [3.05, 3.63) is 105 Å². The van der Waals surface area contributed by atoms with Crippen LogP contribution in [-0.4, -0.2) is 16.7 Å². The zero-order valence-corrected chi connectivity index (χ0v) is 17.5. The van der Waals surface area contributed by atoms with Gasteiger partial charge in [-0.25, -0.2) is 0 Å². The molecule has 32 heavy (non-hydrogen) atoms. The van der Waals surface area contributed by atoms with Crippen LogP contribution in [0.4, 0.5) is 11.4 Å². The molecule has 3 rings (SSSR count). The number of rotatable bonds is 7. The van der Waals surface area contributed by atoms with Crippen molar-refractivity contribution in [3.63, 3.8) is 0 Å². The third-order valence-electron chi connectivity index (χ3n) is 4.64. The zero-order valence-electron chi connectivity index (χ0n) is 16.8. The molecule has 160 valence electrons. The number of nitrogens with zero attached hydrogens (tertiary/aromatic N) is 2. The van der Waals surface area contributed by atoms with Crippen molar-refractivity contribution in [1.82, 2.24) is 5.32 Å². The molecule has 7 nitrogen and oxygen atoms in total. The molecular formula is C24H18ClN3O4. The van der Waals surface area contributed by atoms with E-state index >= 15 is 0 Å². The van der Waals surface area contributed by atoms with E-state index in [1.807, 2.05) is 0 Å². The van der Waals surface area contributed by atoms with Crippen LogP contribution in [0.1, 0.15) is 17.2 Å². The minimum absolute atomic E-state index is 0.0253. The highest BCUT2D eigenvalue weighted by molar-refractivity contribution is 6.31. The molecule has 0 fully saturated rings.